The van der Waals surface area contributed by atoms with Crippen molar-refractivity contribution in [1.29, 1.82) is 0 Å². The van der Waals surface area contributed by atoms with Crippen LogP contribution in [0.25, 0.3) is 10.8 Å². The van der Waals surface area contributed by atoms with Crippen LogP contribution in [0.5, 0.6) is 5.75 Å². The molecule has 0 bridgehead atoms. The predicted octanol–water partition coefficient (Wildman–Crippen LogP) is 6.37. The van der Waals surface area contributed by atoms with Gasteiger partial charge in [0.15, 0.2) is 12.1 Å². The Morgan fingerprint density at radius 2 is 1.65 bits per heavy atom. The van der Waals surface area contributed by atoms with Gasteiger partial charge in [-0.15, -0.1) is 0 Å². The summed E-state index contributed by atoms with van der Waals surface area (Å²) in [6.07, 6.45) is -1.52. The summed E-state index contributed by atoms with van der Waals surface area (Å²) < 4.78 is 97.6. The summed E-state index contributed by atoms with van der Waals surface area (Å²) in [6, 6.07) is 2.97. The fourth-order valence-electron chi connectivity index (χ4n) is 4.45. The van der Waals surface area contributed by atoms with Gasteiger partial charge in [0.1, 0.15) is 17.4 Å². The Morgan fingerprint density at radius 3 is 2.29 bits per heavy atom. The molecule has 9 heteroatoms. The highest BCUT2D eigenvalue weighted by Crippen LogP contribution is 2.35. The van der Waals surface area contributed by atoms with Gasteiger partial charge in [0, 0.05) is 23.8 Å². The molecule has 2 fully saturated rings. The van der Waals surface area contributed by atoms with Gasteiger partial charge in [0.25, 0.3) is 0 Å². The van der Waals surface area contributed by atoms with Crippen LogP contribution in [0.4, 0.5) is 26.3 Å². The highest BCUT2D eigenvalue weighted by atomic mass is 19.4. The van der Waals surface area contributed by atoms with E-state index in [0.29, 0.717) is 31.7 Å². The van der Waals surface area contributed by atoms with Crippen LogP contribution in [0.1, 0.15) is 38.2 Å². The number of ether oxygens (including phenoxy) is 3. The lowest BCUT2D eigenvalue weighted by Crippen LogP contribution is -2.38. The lowest BCUT2D eigenvalue weighted by molar-refractivity contribution is -0.227. The van der Waals surface area contributed by atoms with E-state index < -0.39 is 34.6 Å². The summed E-state index contributed by atoms with van der Waals surface area (Å²) in [5.74, 6) is -0.598. The SMILES string of the molecule is CC1COC(C2CCC(COc3cc(F)c4c(F)c(C#CC(F)(F)F)c(F)cc4c3)CC2)OC1. The minimum Gasteiger partial charge on any atom is -0.493 e. The second-order valence-electron chi connectivity index (χ2n) is 9.03. The predicted molar refractivity (Wildman–Crippen MR) is 113 cm³/mol. The molecule has 0 radical (unpaired) electrons. The van der Waals surface area contributed by atoms with Crippen molar-refractivity contribution >= 4 is 10.8 Å². The van der Waals surface area contributed by atoms with Crippen LogP contribution in [0.15, 0.2) is 18.2 Å². The molecule has 0 spiro atoms. The van der Waals surface area contributed by atoms with Crippen molar-refractivity contribution in [3.63, 3.8) is 0 Å². The number of fused-ring (bicyclic) bond motifs is 1. The maximum absolute atomic E-state index is 14.6. The summed E-state index contributed by atoms with van der Waals surface area (Å²) in [4.78, 5) is 0. The molecule has 1 heterocycles. The molecule has 0 aromatic heterocycles. The molecule has 4 rings (SSSR count). The second kappa shape index (κ2) is 10.0. The summed E-state index contributed by atoms with van der Waals surface area (Å²) in [6.45, 7) is 3.77. The molecule has 184 valence electrons. The van der Waals surface area contributed by atoms with E-state index in [1.54, 1.807) is 0 Å². The van der Waals surface area contributed by atoms with Gasteiger partial charge in [-0.05, 0) is 49.1 Å². The van der Waals surface area contributed by atoms with Crippen molar-refractivity contribution in [2.45, 2.75) is 45.1 Å². The van der Waals surface area contributed by atoms with E-state index >= 15 is 0 Å². The Kier molecular flexibility index (Phi) is 7.29. The summed E-state index contributed by atoms with van der Waals surface area (Å²) in [7, 11) is 0. The second-order valence-corrected chi connectivity index (χ2v) is 9.03. The Bertz CT molecular complexity index is 1090. The molecular weight excluding hydrogens is 462 g/mol. The summed E-state index contributed by atoms with van der Waals surface area (Å²) in [5, 5.41) is -0.797. The third kappa shape index (κ3) is 5.78. The number of halogens is 6. The first-order valence-corrected chi connectivity index (χ1v) is 11.2. The first-order chi connectivity index (χ1) is 16.1. The zero-order valence-corrected chi connectivity index (χ0v) is 18.5. The van der Waals surface area contributed by atoms with E-state index in [1.165, 1.54) is 12.0 Å². The van der Waals surface area contributed by atoms with E-state index in [-0.39, 0.29) is 23.3 Å². The molecule has 2 aliphatic rings. The van der Waals surface area contributed by atoms with Crippen molar-refractivity contribution in [3.8, 4) is 17.6 Å². The molecule has 2 aromatic carbocycles. The normalized spacial score (nSPS) is 25.6. The van der Waals surface area contributed by atoms with Crippen molar-refractivity contribution in [2.24, 2.45) is 17.8 Å². The molecule has 0 amide bonds. The fraction of sp³-hybridized carbons (Fsp3) is 0.520. The number of benzene rings is 2. The highest BCUT2D eigenvalue weighted by Gasteiger charge is 2.32. The molecular formula is C25H24F6O3. The monoisotopic (exact) mass is 486 g/mol. The van der Waals surface area contributed by atoms with Crippen LogP contribution in [0.3, 0.4) is 0 Å². The van der Waals surface area contributed by atoms with Crippen LogP contribution < -0.4 is 4.74 Å². The standard InChI is InChI=1S/C25H24F6O3/c1-14-11-33-24(34-12-14)16-4-2-15(3-5-16)13-32-18-8-17-9-20(26)19(6-7-25(29,30)31)23(28)22(17)21(27)10-18/h8-10,14-16,24H,2-5,11-13H2,1H3. The van der Waals surface area contributed by atoms with Crippen LogP contribution in [0, 0.1) is 47.0 Å². The largest absolute Gasteiger partial charge is 0.493 e. The number of hydrogen-bond acceptors (Lipinski definition) is 3. The van der Waals surface area contributed by atoms with Crippen molar-refractivity contribution in [1.82, 2.24) is 0 Å². The molecule has 1 saturated carbocycles. The lowest BCUT2D eigenvalue weighted by atomic mass is 9.82. The molecule has 3 nitrogen and oxygen atoms in total. The molecule has 1 aliphatic carbocycles. The fourth-order valence-corrected chi connectivity index (χ4v) is 4.45. The van der Waals surface area contributed by atoms with E-state index in [9.17, 15) is 26.3 Å². The average Bonchev–Trinajstić information content (AvgIpc) is 2.77. The molecule has 1 aliphatic heterocycles. The van der Waals surface area contributed by atoms with Gasteiger partial charge in [-0.1, -0.05) is 12.8 Å². The van der Waals surface area contributed by atoms with Crippen molar-refractivity contribution in [2.75, 3.05) is 19.8 Å². The van der Waals surface area contributed by atoms with Crippen LogP contribution in [0.2, 0.25) is 0 Å². The van der Waals surface area contributed by atoms with E-state index in [4.69, 9.17) is 14.2 Å². The van der Waals surface area contributed by atoms with Crippen LogP contribution >= 0.6 is 0 Å². The van der Waals surface area contributed by atoms with Crippen molar-refractivity contribution < 1.29 is 40.6 Å². The molecule has 1 saturated heterocycles. The molecule has 2 aromatic rings. The Morgan fingerprint density at radius 1 is 0.971 bits per heavy atom. The number of hydrogen-bond donors (Lipinski definition) is 0. The minimum absolute atomic E-state index is 0.0907. The average molecular weight is 486 g/mol. The summed E-state index contributed by atoms with van der Waals surface area (Å²) >= 11 is 0. The highest BCUT2D eigenvalue weighted by molar-refractivity contribution is 5.86. The topological polar surface area (TPSA) is 27.7 Å². The van der Waals surface area contributed by atoms with Crippen LogP contribution in [-0.4, -0.2) is 32.3 Å². The maximum atomic E-state index is 14.6. The first-order valence-electron chi connectivity index (χ1n) is 11.2. The van der Waals surface area contributed by atoms with Gasteiger partial charge in [-0.2, -0.15) is 13.2 Å². The Labute approximate surface area is 193 Å². The zero-order valence-electron chi connectivity index (χ0n) is 18.5. The van der Waals surface area contributed by atoms with Gasteiger partial charge in [-0.3, -0.25) is 0 Å². The van der Waals surface area contributed by atoms with Gasteiger partial charge in [0.2, 0.25) is 0 Å². The molecule has 34 heavy (non-hydrogen) atoms. The maximum Gasteiger partial charge on any atom is 0.458 e. The van der Waals surface area contributed by atoms with Gasteiger partial charge < -0.3 is 14.2 Å². The smallest absolute Gasteiger partial charge is 0.458 e. The minimum atomic E-state index is -4.93. The Balaban J connectivity index is 1.41. The molecule has 0 atom stereocenters. The van der Waals surface area contributed by atoms with E-state index in [0.717, 1.165) is 43.7 Å². The van der Waals surface area contributed by atoms with E-state index in [1.807, 2.05) is 0 Å². The van der Waals surface area contributed by atoms with Crippen molar-refractivity contribution in [3.05, 3.63) is 41.2 Å². The van der Waals surface area contributed by atoms with Gasteiger partial charge >= 0.3 is 6.18 Å². The third-order valence-corrected chi connectivity index (χ3v) is 6.24. The Hall–Kier alpha value is -2.44. The number of alkyl halides is 3. The summed E-state index contributed by atoms with van der Waals surface area (Å²) in [5.41, 5.74) is -1.13. The zero-order chi connectivity index (χ0) is 24.5. The molecule has 0 unspecified atom stereocenters. The first kappa shape index (κ1) is 24.7. The van der Waals surface area contributed by atoms with E-state index in [2.05, 4.69) is 6.92 Å². The lowest BCUT2D eigenvalue weighted by Gasteiger charge is -2.36. The molecule has 0 N–H and O–H groups in total. The van der Waals surface area contributed by atoms with Gasteiger partial charge in [0.05, 0.1) is 30.8 Å². The van der Waals surface area contributed by atoms with Gasteiger partial charge in [-0.25, -0.2) is 13.2 Å². The number of rotatable bonds is 4. The quantitative estimate of drug-likeness (QED) is 0.372. The van der Waals surface area contributed by atoms with Crippen LogP contribution in [-0.2, 0) is 9.47 Å². The third-order valence-electron chi connectivity index (χ3n) is 6.24.